The summed E-state index contributed by atoms with van der Waals surface area (Å²) in [5.41, 5.74) is 0.729. The Hall–Kier alpha value is -1.27. The van der Waals surface area contributed by atoms with Gasteiger partial charge >= 0.3 is 0 Å². The summed E-state index contributed by atoms with van der Waals surface area (Å²) in [4.78, 5) is 12.3. The fourth-order valence-electron chi connectivity index (χ4n) is 3.61. The molecule has 5 nitrogen and oxygen atoms in total. The van der Waals surface area contributed by atoms with Gasteiger partial charge in [-0.05, 0) is 49.3 Å². The van der Waals surface area contributed by atoms with E-state index in [9.17, 15) is 13.2 Å². The smallest absolute Gasteiger partial charge is 0.251 e. The van der Waals surface area contributed by atoms with Gasteiger partial charge < -0.3 is 5.32 Å². The van der Waals surface area contributed by atoms with E-state index in [2.05, 4.69) is 10.0 Å². The maximum Gasteiger partial charge on any atom is 0.251 e. The number of sulfonamides is 1. The number of amides is 1. The van der Waals surface area contributed by atoms with Crippen LogP contribution in [0.1, 0.15) is 36.0 Å². The fraction of sp³-hybridized carbons (Fsp3) is 0.533. The van der Waals surface area contributed by atoms with Gasteiger partial charge in [0, 0.05) is 11.6 Å². The summed E-state index contributed by atoms with van der Waals surface area (Å²) in [6, 6.07) is 4.86. The number of rotatable bonds is 4. The van der Waals surface area contributed by atoms with Crippen LogP contribution in [-0.2, 0) is 10.0 Å². The third-order valence-corrected chi connectivity index (χ3v) is 5.48. The quantitative estimate of drug-likeness (QED) is 0.883. The Balaban J connectivity index is 1.69. The second-order valence-electron chi connectivity index (χ2n) is 6.32. The summed E-state index contributed by atoms with van der Waals surface area (Å²) in [6.45, 7) is 0. The van der Waals surface area contributed by atoms with Gasteiger partial charge in [0.05, 0.1) is 17.0 Å². The maximum absolute atomic E-state index is 12.3. The number of halogens is 1. The van der Waals surface area contributed by atoms with E-state index in [4.69, 9.17) is 11.6 Å². The summed E-state index contributed by atoms with van der Waals surface area (Å²) in [5.74, 6) is 1.22. The Kier molecular flexibility index (Phi) is 4.07. The molecule has 3 rings (SSSR count). The molecule has 22 heavy (non-hydrogen) atoms. The number of carbonyl (C=O) groups excluding carboxylic acids is 1. The molecule has 2 saturated carbocycles. The Morgan fingerprint density at radius 1 is 1.27 bits per heavy atom. The van der Waals surface area contributed by atoms with Crippen molar-refractivity contribution in [3.63, 3.8) is 0 Å². The van der Waals surface area contributed by atoms with E-state index in [1.165, 1.54) is 31.4 Å². The lowest BCUT2D eigenvalue weighted by molar-refractivity contribution is 0.0923. The van der Waals surface area contributed by atoms with Crippen LogP contribution in [-0.4, -0.2) is 26.6 Å². The molecule has 1 aromatic rings. The summed E-state index contributed by atoms with van der Waals surface area (Å²) in [5, 5.41) is 3.30. The fourth-order valence-corrected chi connectivity index (χ4v) is 4.47. The Morgan fingerprint density at radius 3 is 2.59 bits per heavy atom. The highest BCUT2D eigenvalue weighted by molar-refractivity contribution is 7.92. The molecule has 2 aliphatic rings. The molecule has 120 valence electrons. The molecular weight excluding hydrogens is 324 g/mol. The van der Waals surface area contributed by atoms with E-state index >= 15 is 0 Å². The summed E-state index contributed by atoms with van der Waals surface area (Å²) in [6.07, 6.45) is 5.84. The zero-order valence-electron chi connectivity index (χ0n) is 12.3. The first kappa shape index (κ1) is 15.6. The van der Waals surface area contributed by atoms with Crippen molar-refractivity contribution in [2.45, 2.75) is 31.7 Å². The molecule has 2 N–H and O–H groups in total. The lowest BCUT2D eigenvalue weighted by Crippen LogP contribution is -2.38. The minimum absolute atomic E-state index is 0.148. The van der Waals surface area contributed by atoms with E-state index in [-0.39, 0.29) is 22.7 Å². The minimum atomic E-state index is -3.39. The summed E-state index contributed by atoms with van der Waals surface area (Å²) >= 11 is 6.05. The third kappa shape index (κ3) is 3.38. The number of anilines is 1. The van der Waals surface area contributed by atoms with E-state index < -0.39 is 10.0 Å². The van der Waals surface area contributed by atoms with Crippen LogP contribution < -0.4 is 10.0 Å². The van der Waals surface area contributed by atoms with Gasteiger partial charge in [0.25, 0.3) is 5.91 Å². The van der Waals surface area contributed by atoms with Crippen LogP contribution in [0.4, 0.5) is 5.69 Å². The Labute approximate surface area is 135 Å². The highest BCUT2D eigenvalue weighted by Gasteiger charge is 2.40. The monoisotopic (exact) mass is 342 g/mol. The van der Waals surface area contributed by atoms with Crippen LogP contribution in [0.25, 0.3) is 0 Å². The standard InChI is InChI=1S/C15H19ClN2O3S/c1-22(20,21)18-13-5-4-11(8-12(13)16)15(19)17-14-7-9-2-3-10(14)6-9/h4-5,8-10,14,18H,2-3,6-7H2,1H3,(H,17,19)/t9-,10-,14+/m0/s1. The van der Waals surface area contributed by atoms with Gasteiger partial charge in [-0.3, -0.25) is 9.52 Å². The van der Waals surface area contributed by atoms with Crippen LogP contribution in [0.5, 0.6) is 0 Å². The van der Waals surface area contributed by atoms with Gasteiger partial charge in [-0.1, -0.05) is 18.0 Å². The van der Waals surface area contributed by atoms with Crippen LogP contribution in [0.15, 0.2) is 18.2 Å². The van der Waals surface area contributed by atoms with Crippen molar-refractivity contribution in [1.29, 1.82) is 0 Å². The van der Waals surface area contributed by atoms with Crippen LogP contribution in [0.3, 0.4) is 0 Å². The second-order valence-corrected chi connectivity index (χ2v) is 8.48. The first-order valence-corrected chi connectivity index (χ1v) is 9.67. The highest BCUT2D eigenvalue weighted by Crippen LogP contribution is 2.44. The van der Waals surface area contributed by atoms with Crippen molar-refractivity contribution in [3.8, 4) is 0 Å². The maximum atomic E-state index is 12.3. The Morgan fingerprint density at radius 2 is 2.05 bits per heavy atom. The van der Waals surface area contributed by atoms with Crippen LogP contribution in [0.2, 0.25) is 5.02 Å². The molecule has 2 aliphatic carbocycles. The predicted octanol–water partition coefficient (Wildman–Crippen LogP) is 2.63. The van der Waals surface area contributed by atoms with Gasteiger partial charge in [-0.2, -0.15) is 0 Å². The van der Waals surface area contributed by atoms with Crippen molar-refractivity contribution in [1.82, 2.24) is 5.32 Å². The lowest BCUT2D eigenvalue weighted by Gasteiger charge is -2.23. The largest absolute Gasteiger partial charge is 0.349 e. The molecule has 0 saturated heterocycles. The normalized spacial score (nSPS) is 26.9. The molecule has 7 heteroatoms. The second kappa shape index (κ2) is 5.74. The van der Waals surface area contributed by atoms with Crippen LogP contribution in [0, 0.1) is 11.8 Å². The van der Waals surface area contributed by atoms with Gasteiger partial charge in [0.2, 0.25) is 10.0 Å². The average Bonchev–Trinajstić information content (AvgIpc) is 3.02. The number of nitrogens with one attached hydrogen (secondary N) is 2. The first-order valence-electron chi connectivity index (χ1n) is 7.40. The SMILES string of the molecule is CS(=O)(=O)Nc1ccc(C(=O)N[C@@H]2C[C@H]3CC[C@H]2C3)cc1Cl. The van der Waals surface area contributed by atoms with Crippen molar-refractivity contribution in [2.24, 2.45) is 11.8 Å². The van der Waals surface area contributed by atoms with Gasteiger partial charge in [0.15, 0.2) is 0 Å². The topological polar surface area (TPSA) is 75.3 Å². The van der Waals surface area contributed by atoms with E-state index in [1.807, 2.05) is 0 Å². The highest BCUT2D eigenvalue weighted by atomic mass is 35.5. The van der Waals surface area contributed by atoms with Crippen molar-refractivity contribution in [3.05, 3.63) is 28.8 Å². The molecule has 2 fully saturated rings. The number of fused-ring (bicyclic) bond motifs is 2. The summed E-state index contributed by atoms with van der Waals surface area (Å²) < 4.78 is 24.8. The minimum Gasteiger partial charge on any atom is -0.349 e. The summed E-state index contributed by atoms with van der Waals surface area (Å²) in [7, 11) is -3.39. The Bertz CT molecular complexity index is 705. The molecule has 2 bridgehead atoms. The average molecular weight is 343 g/mol. The van der Waals surface area contributed by atoms with Gasteiger partial charge in [-0.15, -0.1) is 0 Å². The molecule has 1 aromatic carbocycles. The van der Waals surface area contributed by atoms with Crippen molar-refractivity contribution in [2.75, 3.05) is 11.0 Å². The van der Waals surface area contributed by atoms with E-state index in [0.29, 0.717) is 11.5 Å². The predicted molar refractivity (Wildman–Crippen MR) is 86.6 cm³/mol. The molecule has 3 atom stereocenters. The number of benzene rings is 1. The van der Waals surface area contributed by atoms with Gasteiger partial charge in [-0.25, -0.2) is 8.42 Å². The zero-order valence-corrected chi connectivity index (χ0v) is 13.9. The van der Waals surface area contributed by atoms with Crippen LogP contribution >= 0.6 is 11.6 Å². The van der Waals surface area contributed by atoms with Gasteiger partial charge in [0.1, 0.15) is 0 Å². The van der Waals surface area contributed by atoms with E-state index in [0.717, 1.165) is 18.6 Å². The van der Waals surface area contributed by atoms with Crippen molar-refractivity contribution < 1.29 is 13.2 Å². The lowest BCUT2D eigenvalue weighted by atomic mass is 9.95. The van der Waals surface area contributed by atoms with Crippen molar-refractivity contribution >= 4 is 33.2 Å². The molecule has 0 heterocycles. The molecule has 0 radical (unpaired) electrons. The molecule has 0 unspecified atom stereocenters. The molecule has 0 aromatic heterocycles. The molecular formula is C15H19ClN2O3S. The van der Waals surface area contributed by atoms with E-state index in [1.54, 1.807) is 6.07 Å². The molecule has 0 spiro atoms. The third-order valence-electron chi connectivity index (χ3n) is 4.58. The number of hydrogen-bond acceptors (Lipinski definition) is 3. The zero-order chi connectivity index (χ0) is 15.9. The number of carbonyl (C=O) groups is 1. The number of hydrogen-bond donors (Lipinski definition) is 2. The molecule has 1 amide bonds. The first-order chi connectivity index (χ1) is 10.3. The molecule has 0 aliphatic heterocycles.